The average molecular weight is 440 g/mol. The topological polar surface area (TPSA) is 119 Å². The van der Waals surface area contributed by atoms with Gasteiger partial charge < -0.3 is 19.9 Å². The van der Waals surface area contributed by atoms with Gasteiger partial charge in [-0.3, -0.25) is 0 Å². The van der Waals surface area contributed by atoms with E-state index in [1.165, 1.54) is 0 Å². The number of aromatic nitrogens is 4. The summed E-state index contributed by atoms with van der Waals surface area (Å²) in [6.45, 7) is 15.0. The summed E-state index contributed by atoms with van der Waals surface area (Å²) in [7, 11) is 0. The Balaban J connectivity index is 1.73. The molecule has 0 aromatic carbocycles. The van der Waals surface area contributed by atoms with E-state index in [9.17, 15) is 10.5 Å². The summed E-state index contributed by atoms with van der Waals surface area (Å²) in [5, 5.41) is 19.2. The first-order chi connectivity index (χ1) is 16.6. The van der Waals surface area contributed by atoms with Gasteiger partial charge in [0.1, 0.15) is 0 Å². The van der Waals surface area contributed by atoms with Crippen molar-refractivity contribution >= 4 is 11.1 Å². The Kier molecular flexibility index (Phi) is 4.96. The van der Waals surface area contributed by atoms with Crippen molar-refractivity contribution in [3.63, 3.8) is 0 Å². The van der Waals surface area contributed by atoms with E-state index in [1.807, 2.05) is 60.7 Å². The van der Waals surface area contributed by atoms with E-state index >= 15 is 0 Å². The zero-order chi connectivity index (χ0) is 23.7. The molecule has 8 heteroatoms. The first-order valence-electron chi connectivity index (χ1n) is 10.4. The van der Waals surface area contributed by atoms with Crippen molar-refractivity contribution in [2.75, 3.05) is 0 Å². The number of nitrogens with one attached hydrogen (secondary N) is 4. The lowest BCUT2D eigenvalue weighted by molar-refractivity contribution is 1.03. The second-order valence-electron chi connectivity index (χ2n) is 7.84. The van der Waals surface area contributed by atoms with Crippen molar-refractivity contribution in [1.82, 2.24) is 19.9 Å². The van der Waals surface area contributed by atoms with Gasteiger partial charge >= 0.3 is 0 Å². The van der Waals surface area contributed by atoms with Crippen molar-refractivity contribution in [2.24, 2.45) is 0 Å². The zero-order valence-corrected chi connectivity index (χ0v) is 17.8. The van der Waals surface area contributed by atoms with E-state index in [4.69, 9.17) is 13.1 Å². The Morgan fingerprint density at radius 2 is 0.882 bits per heavy atom. The van der Waals surface area contributed by atoms with Crippen LogP contribution in [0.4, 0.5) is 0 Å². The number of hydrogen-bond acceptors (Lipinski definition) is 2. The van der Waals surface area contributed by atoms with Crippen LogP contribution in [0.1, 0.15) is 45.6 Å². The van der Waals surface area contributed by atoms with E-state index in [0.717, 1.165) is 22.8 Å². The van der Waals surface area contributed by atoms with Crippen LogP contribution in [0, 0.1) is 35.8 Å². The normalized spacial score (nSPS) is 12.2. The number of nitrogens with zero attached hydrogens (tertiary/aromatic N) is 4. The maximum atomic E-state index is 9.59. The summed E-state index contributed by atoms with van der Waals surface area (Å²) < 4.78 is 0. The standard InChI is InChI=1S/C26H16N8/c1-29-23(13-27)25-19-7-3-15(31-19)11-17-5-9-21(33-17)26(24(14-28)30-2)22-10-6-18(34-22)12-16-4-8-20(25)32-16/h3-10,31-34H,11-12H2. The average Bonchev–Trinajstić information content (AvgIpc) is 3.65. The highest BCUT2D eigenvalue weighted by Crippen LogP contribution is 2.30. The zero-order valence-electron chi connectivity index (χ0n) is 17.8. The molecule has 8 bridgehead atoms. The Hall–Kier alpha value is -5.44. The molecular weight excluding hydrogens is 424 g/mol. The van der Waals surface area contributed by atoms with E-state index in [0.29, 0.717) is 46.8 Å². The number of allylic oxidation sites excluding steroid dienone is 2. The number of rotatable bonds is 0. The van der Waals surface area contributed by atoms with Crippen LogP contribution in [0.25, 0.3) is 20.8 Å². The van der Waals surface area contributed by atoms with E-state index in [-0.39, 0.29) is 11.4 Å². The quantitative estimate of drug-likeness (QED) is 0.202. The molecule has 4 aromatic heterocycles. The summed E-state index contributed by atoms with van der Waals surface area (Å²) in [4.78, 5) is 20.3. The molecule has 0 unspecified atom stereocenters. The number of aromatic amines is 4. The molecule has 0 saturated carbocycles. The van der Waals surface area contributed by atoms with Crippen LogP contribution in [0.3, 0.4) is 0 Å². The van der Waals surface area contributed by atoms with E-state index < -0.39 is 0 Å². The van der Waals surface area contributed by atoms with Gasteiger partial charge in [0.05, 0.1) is 25.3 Å². The molecule has 0 aliphatic carbocycles. The summed E-state index contributed by atoms with van der Waals surface area (Å²) in [5.74, 6) is 0. The first kappa shape index (κ1) is 20.5. The van der Waals surface area contributed by atoms with Gasteiger partial charge in [-0.1, -0.05) is 0 Å². The molecule has 8 nitrogen and oxygen atoms in total. The molecule has 0 fully saturated rings. The Bertz CT molecular complexity index is 1410. The fraction of sp³-hybridized carbons (Fsp3) is 0.0769. The van der Waals surface area contributed by atoms with Gasteiger partial charge in [0.15, 0.2) is 0 Å². The second kappa shape index (κ2) is 8.24. The lowest BCUT2D eigenvalue weighted by Gasteiger charge is -2.07. The van der Waals surface area contributed by atoms with Gasteiger partial charge in [-0.05, 0) is 48.5 Å². The molecule has 0 atom stereocenters. The molecule has 160 valence electrons. The molecule has 5 rings (SSSR count). The van der Waals surface area contributed by atoms with Gasteiger partial charge in [0.2, 0.25) is 0 Å². The fourth-order valence-corrected chi connectivity index (χ4v) is 4.24. The monoisotopic (exact) mass is 440 g/mol. The third-order valence-electron chi connectivity index (χ3n) is 5.73. The van der Waals surface area contributed by atoms with Crippen molar-refractivity contribution in [2.45, 2.75) is 12.8 Å². The molecule has 0 amide bonds. The highest BCUT2D eigenvalue weighted by atomic mass is 14.8. The van der Waals surface area contributed by atoms with Gasteiger partial charge in [0, 0.05) is 69.5 Å². The molecule has 4 aromatic rings. The highest BCUT2D eigenvalue weighted by Gasteiger charge is 2.19. The maximum absolute atomic E-state index is 9.59. The van der Waals surface area contributed by atoms with Crippen LogP contribution in [0.15, 0.2) is 59.9 Å². The van der Waals surface area contributed by atoms with E-state index in [1.54, 1.807) is 0 Å². The molecule has 0 radical (unpaired) electrons. The highest BCUT2D eigenvalue weighted by molar-refractivity contribution is 5.83. The van der Waals surface area contributed by atoms with Crippen LogP contribution in [-0.2, 0) is 12.8 Å². The lowest BCUT2D eigenvalue weighted by Crippen LogP contribution is -1.98. The van der Waals surface area contributed by atoms with Crippen LogP contribution < -0.4 is 0 Å². The fourth-order valence-electron chi connectivity index (χ4n) is 4.24. The molecule has 1 aliphatic heterocycles. The second-order valence-corrected chi connectivity index (χ2v) is 7.84. The van der Waals surface area contributed by atoms with E-state index in [2.05, 4.69) is 29.6 Å². The minimum absolute atomic E-state index is 0.00481. The van der Waals surface area contributed by atoms with Crippen molar-refractivity contribution < 1.29 is 0 Å². The summed E-state index contributed by atoms with van der Waals surface area (Å²) in [6, 6.07) is 19.2. The van der Waals surface area contributed by atoms with Gasteiger partial charge in [-0.15, -0.1) is 0 Å². The minimum atomic E-state index is 0.00481. The third kappa shape index (κ3) is 3.49. The molecular formula is C26H16N8. The number of H-pyrrole nitrogens is 4. The predicted molar refractivity (Wildman–Crippen MR) is 125 cm³/mol. The molecule has 34 heavy (non-hydrogen) atoms. The predicted octanol–water partition coefficient (Wildman–Crippen LogP) is 4.90. The maximum Gasteiger partial charge on any atom is 0.273 e. The number of nitriles is 2. The van der Waals surface area contributed by atoms with Crippen LogP contribution in [-0.4, -0.2) is 19.9 Å². The largest absolute Gasteiger partial charge is 0.359 e. The molecule has 0 saturated heterocycles. The molecule has 5 heterocycles. The van der Waals surface area contributed by atoms with Crippen molar-refractivity contribution in [3.8, 4) is 12.1 Å². The third-order valence-corrected chi connectivity index (χ3v) is 5.73. The van der Waals surface area contributed by atoms with Crippen LogP contribution in [0.5, 0.6) is 0 Å². The van der Waals surface area contributed by atoms with Gasteiger partial charge in [0.25, 0.3) is 11.4 Å². The summed E-state index contributed by atoms with van der Waals surface area (Å²) >= 11 is 0. The SMILES string of the molecule is [C-]#[N+]C(C#N)=C1c2ccc([nH]2)Cc2ccc([nH]2)C(=C(C#N)[N+]#[C-])c2ccc([nH]2)Cc2ccc1[nH]2. The Morgan fingerprint density at radius 3 is 1.12 bits per heavy atom. The summed E-state index contributed by atoms with van der Waals surface area (Å²) in [6.07, 6.45) is 1.07. The number of fused-ring (bicyclic) bond motifs is 8. The number of hydrogen-bond donors (Lipinski definition) is 4. The molecule has 4 N–H and O–H groups in total. The van der Waals surface area contributed by atoms with Crippen LogP contribution >= 0.6 is 0 Å². The lowest BCUT2D eigenvalue weighted by atomic mass is 10.1. The van der Waals surface area contributed by atoms with Gasteiger partial charge in [-0.2, -0.15) is 0 Å². The van der Waals surface area contributed by atoms with Crippen LogP contribution in [0.2, 0.25) is 0 Å². The Morgan fingerprint density at radius 1 is 0.588 bits per heavy atom. The first-order valence-corrected chi connectivity index (χ1v) is 10.4. The summed E-state index contributed by atoms with van der Waals surface area (Å²) in [5.41, 5.74) is 7.34. The van der Waals surface area contributed by atoms with Gasteiger partial charge in [-0.25, -0.2) is 20.2 Å². The Labute approximate surface area is 195 Å². The van der Waals surface area contributed by atoms with Crippen molar-refractivity contribution in [1.29, 1.82) is 10.5 Å². The minimum Gasteiger partial charge on any atom is -0.359 e. The van der Waals surface area contributed by atoms with Crippen molar-refractivity contribution in [3.05, 3.63) is 128 Å². The molecule has 1 aliphatic rings. The molecule has 0 spiro atoms. The smallest absolute Gasteiger partial charge is 0.273 e.